The number of dihydropyridines is 1. The van der Waals surface area contributed by atoms with E-state index in [4.69, 9.17) is 0 Å². The van der Waals surface area contributed by atoms with Crippen LogP contribution in [0.5, 0.6) is 0 Å². The molecule has 0 bridgehead atoms. The Morgan fingerprint density at radius 1 is 1.67 bits per heavy atom. The molecule has 0 fully saturated rings. The molecule has 0 radical (unpaired) electrons. The molecule has 2 nitrogen and oxygen atoms in total. The number of carbonyl (C=O) groups excluding carboxylic acids is 1. The zero-order valence-electron chi connectivity index (χ0n) is 4.73. The van der Waals surface area contributed by atoms with Gasteiger partial charge in [0.1, 0.15) is 5.83 Å². The predicted octanol–water partition coefficient (Wildman–Crippen LogP) is 0.526. The van der Waals surface area contributed by atoms with E-state index in [1.807, 2.05) is 0 Å². The van der Waals surface area contributed by atoms with Gasteiger partial charge in [-0.3, -0.25) is 4.79 Å². The average Bonchev–Trinajstić information content (AvgIpc) is 1.90. The molecule has 48 valence electrons. The maximum absolute atomic E-state index is 12.1. The molecule has 9 heavy (non-hydrogen) atoms. The van der Waals surface area contributed by atoms with E-state index >= 15 is 0 Å². The molecule has 0 unspecified atom stereocenters. The van der Waals surface area contributed by atoms with Crippen molar-refractivity contribution in [3.63, 3.8) is 0 Å². The van der Waals surface area contributed by atoms with E-state index in [1.54, 1.807) is 0 Å². The zero-order chi connectivity index (χ0) is 6.69. The maximum atomic E-state index is 12.1. The van der Waals surface area contributed by atoms with Crippen LogP contribution in [-0.4, -0.2) is 12.8 Å². The number of rotatable bonds is 1. The number of halogens is 1. The quantitative estimate of drug-likeness (QED) is 0.520. The van der Waals surface area contributed by atoms with E-state index < -0.39 is 0 Å². The molecule has 0 amide bonds. The summed E-state index contributed by atoms with van der Waals surface area (Å²) in [5.41, 5.74) is 0.427. The molecule has 1 N–H and O–H groups in total. The Kier molecular flexibility index (Phi) is 1.63. The van der Waals surface area contributed by atoms with Crippen molar-refractivity contribution < 1.29 is 9.18 Å². The van der Waals surface area contributed by atoms with Crippen molar-refractivity contribution in [2.75, 3.05) is 6.54 Å². The van der Waals surface area contributed by atoms with E-state index in [0.717, 1.165) is 0 Å². The van der Waals surface area contributed by atoms with Gasteiger partial charge in [-0.25, -0.2) is 4.39 Å². The molecule has 1 aliphatic heterocycles. The summed E-state index contributed by atoms with van der Waals surface area (Å²) in [7, 11) is 0. The molecule has 0 atom stereocenters. The summed E-state index contributed by atoms with van der Waals surface area (Å²) in [6.45, 7) is 0.130. The number of hydrogen-bond acceptors (Lipinski definition) is 2. The fourth-order valence-electron chi connectivity index (χ4n) is 0.566. The number of aldehydes is 1. The topological polar surface area (TPSA) is 29.1 Å². The fraction of sp³-hybridized carbons (Fsp3) is 0.167. The fourth-order valence-corrected chi connectivity index (χ4v) is 0.566. The van der Waals surface area contributed by atoms with Crippen LogP contribution in [0.25, 0.3) is 0 Å². The number of hydrogen-bond donors (Lipinski definition) is 1. The molecule has 0 spiro atoms. The van der Waals surface area contributed by atoms with Gasteiger partial charge in [0.25, 0.3) is 0 Å². The summed E-state index contributed by atoms with van der Waals surface area (Å²) in [5.74, 6) is -0.249. The average molecular weight is 127 g/mol. The van der Waals surface area contributed by atoms with Crippen molar-refractivity contribution in [3.8, 4) is 0 Å². The van der Waals surface area contributed by atoms with Gasteiger partial charge >= 0.3 is 0 Å². The minimum absolute atomic E-state index is 0.130. The lowest BCUT2D eigenvalue weighted by Gasteiger charge is -2.06. The van der Waals surface area contributed by atoms with Gasteiger partial charge in [0.15, 0.2) is 6.29 Å². The molecule has 1 heterocycles. The highest BCUT2D eigenvalue weighted by molar-refractivity contribution is 5.73. The van der Waals surface area contributed by atoms with Gasteiger partial charge in [0.2, 0.25) is 0 Å². The monoisotopic (exact) mass is 127 g/mol. The molecule has 0 saturated heterocycles. The first-order valence-corrected chi connectivity index (χ1v) is 2.58. The summed E-state index contributed by atoms with van der Waals surface area (Å²) in [6.07, 6.45) is 3.34. The molecule has 0 aromatic rings. The van der Waals surface area contributed by atoms with Gasteiger partial charge in [-0.15, -0.1) is 0 Å². The van der Waals surface area contributed by atoms with Crippen molar-refractivity contribution in [1.29, 1.82) is 0 Å². The normalized spacial score (nSPS) is 17.4. The summed E-state index contributed by atoms with van der Waals surface area (Å²) >= 11 is 0. The van der Waals surface area contributed by atoms with Crippen LogP contribution in [-0.2, 0) is 4.79 Å². The second kappa shape index (κ2) is 2.44. The highest BCUT2D eigenvalue weighted by Crippen LogP contribution is 2.01. The van der Waals surface area contributed by atoms with Gasteiger partial charge in [-0.2, -0.15) is 0 Å². The van der Waals surface area contributed by atoms with Crippen LogP contribution in [0.4, 0.5) is 4.39 Å². The molecule has 3 heteroatoms. The Morgan fingerprint density at radius 2 is 2.44 bits per heavy atom. The van der Waals surface area contributed by atoms with Gasteiger partial charge in [0.05, 0.1) is 12.2 Å². The summed E-state index contributed by atoms with van der Waals surface area (Å²) in [5, 5.41) is 2.57. The standard InChI is InChI=1S/C6H6FNO/c7-5-1-2-6(4-9)8-3-5/h1-2,4,8H,3H2. The molecule has 0 aromatic carbocycles. The Balaban J connectivity index is 2.69. The molecule has 0 aliphatic carbocycles. The second-order valence-electron chi connectivity index (χ2n) is 1.71. The summed E-state index contributed by atoms with van der Waals surface area (Å²) in [6, 6.07) is 0. The first-order chi connectivity index (χ1) is 4.33. The van der Waals surface area contributed by atoms with Crippen molar-refractivity contribution >= 4 is 6.29 Å². The van der Waals surface area contributed by atoms with E-state index in [0.29, 0.717) is 12.0 Å². The Morgan fingerprint density at radius 3 is 2.89 bits per heavy atom. The van der Waals surface area contributed by atoms with Crippen molar-refractivity contribution in [2.45, 2.75) is 0 Å². The summed E-state index contributed by atoms with van der Waals surface area (Å²) < 4.78 is 12.1. The minimum atomic E-state index is -0.249. The van der Waals surface area contributed by atoms with Crippen LogP contribution in [0.1, 0.15) is 0 Å². The minimum Gasteiger partial charge on any atom is -0.376 e. The second-order valence-corrected chi connectivity index (χ2v) is 1.71. The first-order valence-electron chi connectivity index (χ1n) is 2.58. The lowest BCUT2D eigenvalue weighted by atomic mass is 10.3. The van der Waals surface area contributed by atoms with Gasteiger partial charge in [-0.05, 0) is 12.2 Å². The third-order valence-electron chi connectivity index (χ3n) is 1.03. The number of nitrogens with one attached hydrogen (secondary N) is 1. The lowest BCUT2D eigenvalue weighted by molar-refractivity contribution is -0.105. The SMILES string of the molecule is O=CC1=CC=C(F)CN1. The van der Waals surface area contributed by atoms with Crippen LogP contribution in [0.15, 0.2) is 23.7 Å². The van der Waals surface area contributed by atoms with Crippen LogP contribution < -0.4 is 5.32 Å². The molecule has 0 aromatic heterocycles. The largest absolute Gasteiger partial charge is 0.376 e. The molecule has 1 rings (SSSR count). The maximum Gasteiger partial charge on any atom is 0.165 e. The van der Waals surface area contributed by atoms with Gasteiger partial charge < -0.3 is 5.32 Å². The molecule has 0 saturated carbocycles. The Bertz CT molecular complexity index is 183. The molecular weight excluding hydrogens is 121 g/mol. The summed E-state index contributed by atoms with van der Waals surface area (Å²) in [4.78, 5) is 9.98. The highest BCUT2D eigenvalue weighted by Gasteiger charge is 2.00. The predicted molar refractivity (Wildman–Crippen MR) is 31.3 cm³/mol. The van der Waals surface area contributed by atoms with Crippen LogP contribution >= 0.6 is 0 Å². The number of allylic oxidation sites excluding steroid dienone is 3. The third-order valence-corrected chi connectivity index (χ3v) is 1.03. The molecule has 1 aliphatic rings. The number of carbonyl (C=O) groups is 1. The lowest BCUT2D eigenvalue weighted by Crippen LogP contribution is -2.18. The molecular formula is C6H6FNO. The first kappa shape index (κ1) is 6.01. The van der Waals surface area contributed by atoms with Crippen LogP contribution in [0, 0.1) is 0 Å². The van der Waals surface area contributed by atoms with Crippen molar-refractivity contribution in [3.05, 3.63) is 23.7 Å². The van der Waals surface area contributed by atoms with Crippen LogP contribution in [0.3, 0.4) is 0 Å². The van der Waals surface area contributed by atoms with E-state index in [1.165, 1.54) is 12.2 Å². The van der Waals surface area contributed by atoms with Crippen molar-refractivity contribution in [2.24, 2.45) is 0 Å². The van der Waals surface area contributed by atoms with Gasteiger partial charge in [0, 0.05) is 0 Å². The van der Waals surface area contributed by atoms with E-state index in [9.17, 15) is 9.18 Å². The highest BCUT2D eigenvalue weighted by atomic mass is 19.1. The third kappa shape index (κ3) is 1.38. The van der Waals surface area contributed by atoms with Crippen LogP contribution in [0.2, 0.25) is 0 Å². The smallest absolute Gasteiger partial charge is 0.165 e. The Hall–Kier alpha value is -1.12. The Labute approximate surface area is 52.1 Å². The van der Waals surface area contributed by atoms with Crippen molar-refractivity contribution in [1.82, 2.24) is 5.32 Å². The van der Waals surface area contributed by atoms with Gasteiger partial charge in [-0.1, -0.05) is 0 Å². The zero-order valence-corrected chi connectivity index (χ0v) is 4.73. The van der Waals surface area contributed by atoms with E-state index in [2.05, 4.69) is 5.32 Å². The van der Waals surface area contributed by atoms with E-state index in [-0.39, 0.29) is 12.4 Å².